The second kappa shape index (κ2) is 8.89. The number of nitrogens with one attached hydrogen (secondary N) is 1. The van der Waals surface area contributed by atoms with E-state index in [4.69, 9.17) is 4.74 Å². The summed E-state index contributed by atoms with van der Waals surface area (Å²) in [4.78, 5) is 2.56. The Morgan fingerprint density at radius 3 is 2.78 bits per heavy atom. The lowest BCUT2D eigenvalue weighted by Crippen LogP contribution is -2.47. The monoisotopic (exact) mass is 256 g/mol. The van der Waals surface area contributed by atoms with Crippen molar-refractivity contribution in [1.29, 1.82) is 0 Å². The lowest BCUT2D eigenvalue weighted by Gasteiger charge is -2.34. The molecule has 18 heavy (non-hydrogen) atoms. The maximum atomic E-state index is 5.22. The molecule has 1 saturated heterocycles. The molecule has 108 valence electrons. The van der Waals surface area contributed by atoms with Crippen molar-refractivity contribution in [1.82, 2.24) is 10.2 Å². The quantitative estimate of drug-likeness (QED) is 0.721. The molecule has 2 atom stereocenters. The Balaban J connectivity index is 2.37. The average Bonchev–Trinajstić information content (AvgIpc) is 2.35. The van der Waals surface area contributed by atoms with Crippen LogP contribution >= 0.6 is 0 Å². The third-order valence-electron chi connectivity index (χ3n) is 3.89. The molecule has 1 aliphatic heterocycles. The summed E-state index contributed by atoms with van der Waals surface area (Å²) in [5.74, 6) is 1.66. The predicted molar refractivity (Wildman–Crippen MR) is 78.0 cm³/mol. The highest BCUT2D eigenvalue weighted by molar-refractivity contribution is 4.80. The molecule has 3 nitrogen and oxygen atoms in total. The van der Waals surface area contributed by atoms with Crippen LogP contribution in [0.15, 0.2) is 0 Å². The largest absolute Gasteiger partial charge is 0.383 e. The summed E-state index contributed by atoms with van der Waals surface area (Å²) in [7, 11) is 1.79. The molecular weight excluding hydrogens is 224 g/mol. The Bertz CT molecular complexity index is 209. The fourth-order valence-electron chi connectivity index (χ4n) is 2.91. The highest BCUT2D eigenvalue weighted by Gasteiger charge is 2.22. The summed E-state index contributed by atoms with van der Waals surface area (Å²) >= 11 is 0. The minimum absolute atomic E-state index is 0.680. The number of hydrogen-bond acceptors (Lipinski definition) is 3. The van der Waals surface area contributed by atoms with Crippen LogP contribution in [0.1, 0.15) is 40.0 Å². The van der Waals surface area contributed by atoms with E-state index in [9.17, 15) is 0 Å². The molecule has 1 fully saturated rings. The Hall–Kier alpha value is -0.120. The number of methoxy groups -OCH3 is 1. The molecule has 3 heteroatoms. The smallest absolute Gasteiger partial charge is 0.0589 e. The van der Waals surface area contributed by atoms with E-state index in [1.54, 1.807) is 7.11 Å². The van der Waals surface area contributed by atoms with Gasteiger partial charge in [-0.3, -0.25) is 4.90 Å². The summed E-state index contributed by atoms with van der Waals surface area (Å²) in [6.45, 7) is 12.4. The highest BCUT2D eigenvalue weighted by Crippen LogP contribution is 2.20. The topological polar surface area (TPSA) is 24.5 Å². The van der Waals surface area contributed by atoms with Crippen molar-refractivity contribution in [2.24, 2.45) is 11.8 Å². The maximum Gasteiger partial charge on any atom is 0.0589 e. The maximum absolute atomic E-state index is 5.22. The van der Waals surface area contributed by atoms with Gasteiger partial charge in [-0.1, -0.05) is 27.2 Å². The van der Waals surface area contributed by atoms with E-state index < -0.39 is 0 Å². The molecule has 1 N–H and O–H groups in total. The van der Waals surface area contributed by atoms with Gasteiger partial charge in [0.1, 0.15) is 0 Å². The van der Waals surface area contributed by atoms with Crippen molar-refractivity contribution in [2.75, 3.05) is 39.9 Å². The van der Waals surface area contributed by atoms with E-state index in [1.165, 1.54) is 38.9 Å². The lowest BCUT2D eigenvalue weighted by atomic mass is 9.90. The molecule has 0 aromatic heterocycles. The van der Waals surface area contributed by atoms with Gasteiger partial charge in [0.2, 0.25) is 0 Å². The highest BCUT2D eigenvalue weighted by atomic mass is 16.5. The van der Waals surface area contributed by atoms with Crippen LogP contribution in [-0.4, -0.2) is 50.8 Å². The fourth-order valence-corrected chi connectivity index (χ4v) is 2.91. The molecule has 0 spiro atoms. The van der Waals surface area contributed by atoms with Gasteiger partial charge in [0, 0.05) is 32.8 Å². The van der Waals surface area contributed by atoms with Gasteiger partial charge in [0.15, 0.2) is 0 Å². The summed E-state index contributed by atoms with van der Waals surface area (Å²) in [6.07, 6.45) is 4.04. The molecule has 0 bridgehead atoms. The normalized spacial score (nSPS) is 25.0. The van der Waals surface area contributed by atoms with Crippen molar-refractivity contribution in [3.05, 3.63) is 0 Å². The standard InChI is InChI=1S/C15H32N2O/c1-5-14-6-7-16-15(10-14)12-17(8-9-18-4)11-13(2)3/h13-16H,5-12H2,1-4H3. The first-order valence-corrected chi connectivity index (χ1v) is 7.60. The van der Waals surface area contributed by atoms with E-state index in [-0.39, 0.29) is 0 Å². The van der Waals surface area contributed by atoms with Crippen LogP contribution in [0.25, 0.3) is 0 Å². The summed E-state index contributed by atoms with van der Waals surface area (Å²) in [5.41, 5.74) is 0. The van der Waals surface area contributed by atoms with Crippen molar-refractivity contribution < 1.29 is 4.74 Å². The van der Waals surface area contributed by atoms with Crippen LogP contribution in [-0.2, 0) is 4.74 Å². The van der Waals surface area contributed by atoms with Gasteiger partial charge in [0.25, 0.3) is 0 Å². The first-order chi connectivity index (χ1) is 8.65. The zero-order valence-electron chi connectivity index (χ0n) is 12.7. The Morgan fingerprint density at radius 1 is 1.39 bits per heavy atom. The number of rotatable bonds is 8. The van der Waals surface area contributed by atoms with Gasteiger partial charge in [-0.2, -0.15) is 0 Å². The van der Waals surface area contributed by atoms with Gasteiger partial charge in [0.05, 0.1) is 6.61 Å². The second-order valence-corrected chi connectivity index (χ2v) is 6.10. The molecule has 0 saturated carbocycles. The molecule has 1 rings (SSSR count). The van der Waals surface area contributed by atoms with E-state index >= 15 is 0 Å². The average molecular weight is 256 g/mol. The summed E-state index contributed by atoms with van der Waals surface area (Å²) < 4.78 is 5.22. The molecule has 2 unspecified atom stereocenters. The molecule has 0 aromatic carbocycles. The van der Waals surface area contributed by atoms with Crippen molar-refractivity contribution >= 4 is 0 Å². The van der Waals surface area contributed by atoms with Gasteiger partial charge in [-0.25, -0.2) is 0 Å². The van der Waals surface area contributed by atoms with Gasteiger partial charge < -0.3 is 10.1 Å². The Kier molecular flexibility index (Phi) is 7.87. The third kappa shape index (κ3) is 6.17. The first-order valence-electron chi connectivity index (χ1n) is 7.60. The predicted octanol–water partition coefficient (Wildman–Crippen LogP) is 2.37. The third-order valence-corrected chi connectivity index (χ3v) is 3.89. The molecule has 0 aromatic rings. The van der Waals surface area contributed by atoms with E-state index in [0.29, 0.717) is 6.04 Å². The molecule has 0 amide bonds. The molecule has 0 radical (unpaired) electrons. The van der Waals surface area contributed by atoms with E-state index in [1.807, 2.05) is 0 Å². The number of ether oxygens (including phenoxy) is 1. The van der Waals surface area contributed by atoms with Crippen molar-refractivity contribution in [2.45, 2.75) is 46.1 Å². The van der Waals surface area contributed by atoms with Crippen LogP contribution in [0.2, 0.25) is 0 Å². The van der Waals surface area contributed by atoms with Gasteiger partial charge in [-0.05, 0) is 31.2 Å². The number of piperidine rings is 1. The van der Waals surface area contributed by atoms with Crippen LogP contribution in [0, 0.1) is 11.8 Å². The zero-order valence-corrected chi connectivity index (χ0v) is 12.7. The number of nitrogens with zero attached hydrogens (tertiary/aromatic N) is 1. The van der Waals surface area contributed by atoms with E-state index in [0.717, 1.165) is 25.0 Å². The molecule has 1 aliphatic rings. The van der Waals surface area contributed by atoms with Crippen molar-refractivity contribution in [3.8, 4) is 0 Å². The number of hydrogen-bond donors (Lipinski definition) is 1. The molecular formula is C15H32N2O. The van der Waals surface area contributed by atoms with Crippen LogP contribution < -0.4 is 5.32 Å². The second-order valence-electron chi connectivity index (χ2n) is 6.10. The summed E-state index contributed by atoms with van der Waals surface area (Å²) in [5, 5.41) is 3.68. The Labute approximate surface area is 113 Å². The van der Waals surface area contributed by atoms with Crippen LogP contribution in [0.4, 0.5) is 0 Å². The fraction of sp³-hybridized carbons (Fsp3) is 1.00. The zero-order chi connectivity index (χ0) is 13.4. The summed E-state index contributed by atoms with van der Waals surface area (Å²) in [6, 6.07) is 0.680. The minimum atomic E-state index is 0.680. The Morgan fingerprint density at radius 2 is 2.17 bits per heavy atom. The first kappa shape index (κ1) is 15.9. The molecule has 0 aliphatic carbocycles. The lowest BCUT2D eigenvalue weighted by molar-refractivity contribution is 0.124. The molecule has 1 heterocycles. The SMILES string of the molecule is CCC1CCNC(CN(CCOC)CC(C)C)C1. The van der Waals surface area contributed by atoms with Gasteiger partial charge in [-0.15, -0.1) is 0 Å². The van der Waals surface area contributed by atoms with Gasteiger partial charge >= 0.3 is 0 Å². The van der Waals surface area contributed by atoms with Crippen LogP contribution in [0.5, 0.6) is 0 Å². The van der Waals surface area contributed by atoms with Crippen LogP contribution in [0.3, 0.4) is 0 Å². The minimum Gasteiger partial charge on any atom is -0.383 e. The van der Waals surface area contributed by atoms with Crippen molar-refractivity contribution in [3.63, 3.8) is 0 Å². The van der Waals surface area contributed by atoms with E-state index in [2.05, 4.69) is 31.0 Å².